The van der Waals surface area contributed by atoms with E-state index in [2.05, 4.69) is 15.5 Å². The van der Waals surface area contributed by atoms with Gasteiger partial charge in [0.1, 0.15) is 0 Å². The minimum Gasteiger partial charge on any atom is -0.368 e. The molecule has 1 aliphatic rings. The standard InChI is InChI=1S/C26H25ClN4O2S/c1-18-2-4-19(5-3-18)24(32)29-26(34)28-22-10-12-23(13-11-22)30-14-16-31(17-15-30)25(33)20-6-8-21(27)9-7-20/h2-13H,14-17H2,1H3,(H2,28,29,32,34). The van der Waals surface area contributed by atoms with Gasteiger partial charge in [0, 0.05) is 53.7 Å². The number of benzene rings is 3. The van der Waals surface area contributed by atoms with Crippen molar-refractivity contribution < 1.29 is 9.59 Å². The summed E-state index contributed by atoms with van der Waals surface area (Å²) in [6, 6.07) is 22.2. The summed E-state index contributed by atoms with van der Waals surface area (Å²) in [5.74, 6) is -0.225. The van der Waals surface area contributed by atoms with Gasteiger partial charge < -0.3 is 15.1 Å². The Labute approximate surface area is 209 Å². The predicted octanol–water partition coefficient (Wildman–Crippen LogP) is 4.74. The Kier molecular flexibility index (Phi) is 7.45. The fraction of sp³-hybridized carbons (Fsp3) is 0.192. The molecule has 2 amide bonds. The van der Waals surface area contributed by atoms with Gasteiger partial charge in [-0.3, -0.25) is 14.9 Å². The first-order chi connectivity index (χ1) is 16.4. The van der Waals surface area contributed by atoms with Crippen molar-refractivity contribution in [3.8, 4) is 0 Å². The molecule has 6 nitrogen and oxygen atoms in total. The van der Waals surface area contributed by atoms with Crippen molar-refractivity contribution in [1.82, 2.24) is 10.2 Å². The number of hydrogen-bond acceptors (Lipinski definition) is 4. The van der Waals surface area contributed by atoms with Crippen LogP contribution in [0.3, 0.4) is 0 Å². The number of hydrogen-bond donors (Lipinski definition) is 2. The van der Waals surface area contributed by atoms with E-state index in [1.807, 2.05) is 48.2 Å². The molecule has 3 aromatic carbocycles. The zero-order valence-electron chi connectivity index (χ0n) is 18.8. The third-order valence-corrected chi connectivity index (χ3v) is 6.15. The molecule has 2 N–H and O–H groups in total. The van der Waals surface area contributed by atoms with Gasteiger partial charge in [-0.15, -0.1) is 0 Å². The summed E-state index contributed by atoms with van der Waals surface area (Å²) < 4.78 is 0. The Morgan fingerprint density at radius 2 is 1.41 bits per heavy atom. The van der Waals surface area contributed by atoms with Crippen LogP contribution in [0.5, 0.6) is 0 Å². The first kappa shape index (κ1) is 23.7. The summed E-state index contributed by atoms with van der Waals surface area (Å²) in [5, 5.41) is 6.61. The number of nitrogens with zero attached hydrogens (tertiary/aromatic N) is 2. The maximum Gasteiger partial charge on any atom is 0.257 e. The van der Waals surface area contributed by atoms with Crippen molar-refractivity contribution in [2.45, 2.75) is 6.92 Å². The average molecular weight is 493 g/mol. The van der Waals surface area contributed by atoms with E-state index in [0.29, 0.717) is 29.2 Å². The quantitative estimate of drug-likeness (QED) is 0.515. The zero-order valence-corrected chi connectivity index (χ0v) is 20.3. The van der Waals surface area contributed by atoms with E-state index < -0.39 is 0 Å². The van der Waals surface area contributed by atoms with Crippen molar-refractivity contribution in [3.63, 3.8) is 0 Å². The van der Waals surface area contributed by atoms with Crippen molar-refractivity contribution in [2.75, 3.05) is 36.4 Å². The van der Waals surface area contributed by atoms with Gasteiger partial charge in [0.25, 0.3) is 11.8 Å². The topological polar surface area (TPSA) is 64.7 Å². The number of thiocarbonyl (C=S) groups is 1. The molecule has 174 valence electrons. The molecular formula is C26H25ClN4O2S. The molecule has 8 heteroatoms. The Morgan fingerprint density at radius 3 is 2.03 bits per heavy atom. The van der Waals surface area contributed by atoms with E-state index in [9.17, 15) is 9.59 Å². The smallest absolute Gasteiger partial charge is 0.257 e. The fourth-order valence-corrected chi connectivity index (χ4v) is 4.08. The van der Waals surface area contributed by atoms with Crippen molar-refractivity contribution in [2.24, 2.45) is 0 Å². The fourth-order valence-electron chi connectivity index (χ4n) is 3.74. The molecule has 1 aliphatic heterocycles. The summed E-state index contributed by atoms with van der Waals surface area (Å²) in [4.78, 5) is 29.1. The molecule has 1 fully saturated rings. The number of carbonyl (C=O) groups is 2. The molecule has 0 bridgehead atoms. The van der Waals surface area contributed by atoms with Gasteiger partial charge in [0.15, 0.2) is 5.11 Å². The molecule has 1 heterocycles. The number of rotatable bonds is 4. The number of carbonyl (C=O) groups excluding carboxylic acids is 2. The lowest BCUT2D eigenvalue weighted by Gasteiger charge is -2.36. The molecule has 3 aromatic rings. The molecule has 0 saturated carbocycles. The lowest BCUT2D eigenvalue weighted by molar-refractivity contribution is 0.0746. The molecule has 4 rings (SSSR count). The number of anilines is 2. The third-order valence-electron chi connectivity index (χ3n) is 5.69. The predicted molar refractivity (Wildman–Crippen MR) is 141 cm³/mol. The summed E-state index contributed by atoms with van der Waals surface area (Å²) in [6.45, 7) is 4.76. The minimum absolute atomic E-state index is 0.0251. The van der Waals surface area contributed by atoms with Crippen LogP contribution >= 0.6 is 23.8 Å². The first-order valence-corrected chi connectivity index (χ1v) is 11.8. The second-order valence-electron chi connectivity index (χ2n) is 8.11. The number of piperazine rings is 1. The average Bonchev–Trinajstić information content (AvgIpc) is 2.85. The van der Waals surface area contributed by atoms with Crippen LogP contribution < -0.4 is 15.5 Å². The van der Waals surface area contributed by atoms with Crippen LogP contribution in [0.2, 0.25) is 5.02 Å². The minimum atomic E-state index is -0.250. The van der Waals surface area contributed by atoms with E-state index in [-0.39, 0.29) is 16.9 Å². The molecule has 0 atom stereocenters. The Hall–Kier alpha value is -3.42. The van der Waals surface area contributed by atoms with Crippen molar-refractivity contribution in [3.05, 3.63) is 94.5 Å². The Balaban J connectivity index is 1.28. The second-order valence-corrected chi connectivity index (χ2v) is 8.95. The van der Waals surface area contributed by atoms with Crippen LogP contribution in [0.15, 0.2) is 72.8 Å². The van der Waals surface area contributed by atoms with E-state index in [1.54, 1.807) is 36.4 Å². The summed E-state index contributed by atoms with van der Waals surface area (Å²) >= 11 is 11.2. The molecule has 0 unspecified atom stereocenters. The van der Waals surface area contributed by atoms with Gasteiger partial charge in [-0.1, -0.05) is 29.3 Å². The third kappa shape index (κ3) is 5.92. The van der Waals surface area contributed by atoms with Gasteiger partial charge in [-0.05, 0) is 79.8 Å². The van der Waals surface area contributed by atoms with Gasteiger partial charge in [0.2, 0.25) is 0 Å². The number of amides is 2. The van der Waals surface area contributed by atoms with Gasteiger partial charge in [-0.25, -0.2) is 0 Å². The molecule has 0 aromatic heterocycles. The Morgan fingerprint density at radius 1 is 0.824 bits per heavy atom. The molecule has 34 heavy (non-hydrogen) atoms. The molecule has 0 radical (unpaired) electrons. The van der Waals surface area contributed by atoms with Gasteiger partial charge in [-0.2, -0.15) is 0 Å². The van der Waals surface area contributed by atoms with Crippen molar-refractivity contribution >= 4 is 52.1 Å². The summed E-state index contributed by atoms with van der Waals surface area (Å²) in [5.41, 5.74) is 4.15. The maximum atomic E-state index is 12.7. The molecular weight excluding hydrogens is 468 g/mol. The lowest BCUT2D eigenvalue weighted by atomic mass is 10.1. The van der Waals surface area contributed by atoms with Gasteiger partial charge in [0.05, 0.1) is 0 Å². The van der Waals surface area contributed by atoms with Gasteiger partial charge >= 0.3 is 0 Å². The van der Waals surface area contributed by atoms with Crippen molar-refractivity contribution in [1.29, 1.82) is 0 Å². The molecule has 1 saturated heterocycles. The number of halogens is 1. The lowest BCUT2D eigenvalue weighted by Crippen LogP contribution is -2.48. The highest BCUT2D eigenvalue weighted by Gasteiger charge is 2.22. The van der Waals surface area contributed by atoms with Crippen LogP contribution in [-0.4, -0.2) is 48.0 Å². The van der Waals surface area contributed by atoms with E-state index in [1.165, 1.54) is 0 Å². The largest absolute Gasteiger partial charge is 0.368 e. The summed E-state index contributed by atoms with van der Waals surface area (Å²) in [6.07, 6.45) is 0. The molecule has 0 aliphatic carbocycles. The van der Waals surface area contributed by atoms with Crippen LogP contribution in [0, 0.1) is 6.92 Å². The Bertz CT molecular complexity index is 1170. The first-order valence-electron chi connectivity index (χ1n) is 11.0. The van der Waals surface area contributed by atoms with E-state index in [0.717, 1.165) is 30.0 Å². The van der Waals surface area contributed by atoms with E-state index >= 15 is 0 Å². The van der Waals surface area contributed by atoms with E-state index in [4.69, 9.17) is 23.8 Å². The zero-order chi connectivity index (χ0) is 24.1. The number of aryl methyl sites for hydroxylation is 1. The second kappa shape index (κ2) is 10.7. The van der Waals surface area contributed by atoms with Crippen LogP contribution in [-0.2, 0) is 0 Å². The molecule has 0 spiro atoms. The van der Waals surface area contributed by atoms with Crippen LogP contribution in [0.25, 0.3) is 0 Å². The summed E-state index contributed by atoms with van der Waals surface area (Å²) in [7, 11) is 0. The highest BCUT2D eigenvalue weighted by Crippen LogP contribution is 2.21. The normalized spacial score (nSPS) is 13.4. The highest BCUT2D eigenvalue weighted by molar-refractivity contribution is 7.80. The van der Waals surface area contributed by atoms with Crippen LogP contribution in [0.1, 0.15) is 26.3 Å². The SMILES string of the molecule is Cc1ccc(C(=O)NC(=S)Nc2ccc(N3CCN(C(=O)c4ccc(Cl)cc4)CC3)cc2)cc1. The number of nitrogens with one attached hydrogen (secondary N) is 2. The highest BCUT2D eigenvalue weighted by atomic mass is 35.5. The monoisotopic (exact) mass is 492 g/mol. The maximum absolute atomic E-state index is 12.7. The van der Waals surface area contributed by atoms with Crippen LogP contribution in [0.4, 0.5) is 11.4 Å².